The molecule has 3 rings (SSSR count). The molecule has 1 N–H and O–H groups in total. The summed E-state index contributed by atoms with van der Waals surface area (Å²) in [6.45, 7) is 1.52. The number of aliphatic carboxylic acids is 1. The molecule has 1 amide bonds. The Morgan fingerprint density at radius 2 is 2.14 bits per heavy atom. The predicted octanol–water partition coefficient (Wildman–Crippen LogP) is 2.81. The van der Waals surface area contributed by atoms with E-state index in [-0.39, 0.29) is 5.91 Å². The third-order valence-corrected chi connectivity index (χ3v) is 5.81. The lowest BCUT2D eigenvalue weighted by Gasteiger charge is -2.09. The van der Waals surface area contributed by atoms with Crippen LogP contribution in [0.3, 0.4) is 0 Å². The molecule has 0 radical (unpaired) electrons. The second kappa shape index (κ2) is 9.05. The number of benzene rings is 1. The summed E-state index contributed by atoms with van der Waals surface area (Å²) in [7, 11) is 3.11. The molecule has 2 heterocycles. The number of amides is 1. The van der Waals surface area contributed by atoms with Crippen molar-refractivity contribution in [2.24, 2.45) is 4.99 Å². The van der Waals surface area contributed by atoms with Crippen molar-refractivity contribution in [3.63, 3.8) is 0 Å². The fourth-order valence-electron chi connectivity index (χ4n) is 2.35. The van der Waals surface area contributed by atoms with E-state index in [1.165, 1.54) is 35.1 Å². The van der Waals surface area contributed by atoms with Crippen molar-refractivity contribution in [1.29, 1.82) is 0 Å². The minimum Gasteiger partial charge on any atom is -0.493 e. The molecule has 11 heteroatoms. The summed E-state index contributed by atoms with van der Waals surface area (Å²) in [4.78, 5) is 29.6. The van der Waals surface area contributed by atoms with E-state index in [2.05, 4.69) is 15.2 Å². The van der Waals surface area contributed by atoms with Gasteiger partial charge in [-0.25, -0.2) is 4.79 Å². The zero-order valence-electron chi connectivity index (χ0n) is 15.9. The lowest BCUT2D eigenvalue weighted by atomic mass is 10.2. The summed E-state index contributed by atoms with van der Waals surface area (Å²) >= 11 is 2.63. The summed E-state index contributed by atoms with van der Waals surface area (Å²) in [5, 5.41) is 18.7. The molecule has 1 saturated heterocycles. The molecular weight excluding hydrogens is 416 g/mol. The van der Waals surface area contributed by atoms with Crippen LogP contribution in [0.5, 0.6) is 11.5 Å². The molecule has 29 heavy (non-hydrogen) atoms. The van der Waals surface area contributed by atoms with Crippen LogP contribution >= 0.6 is 23.1 Å². The number of nitrogens with zero attached hydrogens (tertiary/aromatic N) is 4. The van der Waals surface area contributed by atoms with Gasteiger partial charge in [0.25, 0.3) is 5.91 Å². The number of hydrogen-bond donors (Lipinski definition) is 1. The number of hydrogen-bond acceptors (Lipinski definition) is 9. The third kappa shape index (κ3) is 4.93. The second-order valence-electron chi connectivity index (χ2n) is 5.79. The molecule has 0 atom stereocenters. The number of carboxylic acids is 1. The number of carbonyl (C=O) groups is 2. The Hall–Kier alpha value is -2.92. The van der Waals surface area contributed by atoms with Crippen LogP contribution < -0.4 is 9.47 Å². The normalized spacial score (nSPS) is 16.7. The fraction of sp³-hybridized carbons (Fsp3) is 0.278. The Morgan fingerprint density at radius 1 is 1.34 bits per heavy atom. The lowest BCUT2D eigenvalue weighted by Crippen LogP contribution is -2.23. The van der Waals surface area contributed by atoms with Gasteiger partial charge < -0.3 is 14.6 Å². The van der Waals surface area contributed by atoms with Crippen molar-refractivity contribution in [1.82, 2.24) is 15.1 Å². The molecule has 1 aromatic heterocycles. The van der Waals surface area contributed by atoms with Crippen LogP contribution in [0.4, 0.5) is 5.13 Å². The molecular formula is C18H18N4O5S2. The van der Waals surface area contributed by atoms with Crippen molar-refractivity contribution in [3.05, 3.63) is 33.7 Å². The number of amidine groups is 1. The van der Waals surface area contributed by atoms with Crippen LogP contribution in [-0.2, 0) is 16.0 Å². The molecule has 0 spiro atoms. The zero-order chi connectivity index (χ0) is 21.0. The zero-order valence-corrected chi connectivity index (χ0v) is 17.5. The molecule has 9 nitrogen and oxygen atoms in total. The highest BCUT2D eigenvalue weighted by molar-refractivity contribution is 8.18. The van der Waals surface area contributed by atoms with Crippen molar-refractivity contribution >= 4 is 51.4 Å². The number of likely N-dealkylation sites (N-methyl/N-ethyl adjacent to an activating group) is 1. The average Bonchev–Trinajstić information content (AvgIpc) is 3.27. The number of aryl methyl sites for hydroxylation is 1. The molecule has 1 aliphatic rings. The maximum atomic E-state index is 12.6. The van der Waals surface area contributed by atoms with Gasteiger partial charge in [-0.3, -0.25) is 9.69 Å². The highest BCUT2D eigenvalue weighted by Crippen LogP contribution is 2.35. The first-order chi connectivity index (χ1) is 13.9. The highest BCUT2D eigenvalue weighted by atomic mass is 32.2. The first-order valence-corrected chi connectivity index (χ1v) is 10.2. The van der Waals surface area contributed by atoms with E-state index in [0.29, 0.717) is 32.3 Å². The van der Waals surface area contributed by atoms with Crippen LogP contribution in [0, 0.1) is 0 Å². The number of thioether (sulfide) groups is 1. The number of carbonyl (C=O) groups excluding carboxylic acids is 1. The Bertz CT molecular complexity index is 1000. The van der Waals surface area contributed by atoms with Gasteiger partial charge in [0.1, 0.15) is 5.01 Å². The van der Waals surface area contributed by atoms with Crippen molar-refractivity contribution in [2.45, 2.75) is 13.3 Å². The van der Waals surface area contributed by atoms with E-state index >= 15 is 0 Å². The molecule has 0 unspecified atom stereocenters. The van der Waals surface area contributed by atoms with Gasteiger partial charge >= 0.3 is 5.97 Å². The Kier molecular flexibility index (Phi) is 6.49. The van der Waals surface area contributed by atoms with E-state index in [0.717, 1.165) is 11.4 Å². The molecule has 1 aromatic carbocycles. The topological polar surface area (TPSA) is 114 Å². The summed E-state index contributed by atoms with van der Waals surface area (Å²) in [5.41, 5.74) is 0.708. The van der Waals surface area contributed by atoms with Gasteiger partial charge in [0, 0.05) is 7.05 Å². The van der Waals surface area contributed by atoms with E-state index in [1.54, 1.807) is 31.3 Å². The molecule has 1 aliphatic heterocycles. The van der Waals surface area contributed by atoms with Gasteiger partial charge in [0.15, 0.2) is 23.3 Å². The van der Waals surface area contributed by atoms with Crippen LogP contribution in [-0.4, -0.2) is 58.0 Å². The minimum atomic E-state index is -1.08. The summed E-state index contributed by atoms with van der Waals surface area (Å²) < 4.78 is 10.4. The molecule has 1 fully saturated rings. The Balaban J connectivity index is 1.82. The molecule has 152 valence electrons. The van der Waals surface area contributed by atoms with Gasteiger partial charge in [-0.2, -0.15) is 4.99 Å². The van der Waals surface area contributed by atoms with E-state index < -0.39 is 12.6 Å². The van der Waals surface area contributed by atoms with Crippen LogP contribution in [0.2, 0.25) is 0 Å². The van der Waals surface area contributed by atoms with Gasteiger partial charge in [0.05, 0.1) is 12.0 Å². The molecule has 0 aliphatic carbocycles. The van der Waals surface area contributed by atoms with Gasteiger partial charge in [-0.1, -0.05) is 24.3 Å². The third-order valence-electron chi connectivity index (χ3n) is 3.79. The maximum Gasteiger partial charge on any atom is 0.341 e. The predicted molar refractivity (Wildman–Crippen MR) is 111 cm³/mol. The number of rotatable bonds is 7. The minimum absolute atomic E-state index is 0.181. The van der Waals surface area contributed by atoms with Crippen molar-refractivity contribution in [3.8, 4) is 11.5 Å². The summed E-state index contributed by atoms with van der Waals surface area (Å²) in [5.74, 6) is -0.578. The van der Waals surface area contributed by atoms with Crippen molar-refractivity contribution < 1.29 is 24.2 Å². The fourth-order valence-corrected chi connectivity index (χ4v) is 4.03. The average molecular weight is 434 g/mol. The maximum absolute atomic E-state index is 12.6. The monoisotopic (exact) mass is 434 g/mol. The van der Waals surface area contributed by atoms with Gasteiger partial charge in [-0.05, 0) is 42.0 Å². The SMILES string of the molecule is CCc1nnc(/N=C2/S/C(=C/c3ccc(OCC(=O)O)c(OC)c3)C(=O)N2C)s1. The molecule has 2 aromatic rings. The lowest BCUT2D eigenvalue weighted by molar-refractivity contribution is -0.139. The Morgan fingerprint density at radius 3 is 2.79 bits per heavy atom. The highest BCUT2D eigenvalue weighted by Gasteiger charge is 2.30. The van der Waals surface area contributed by atoms with Crippen LogP contribution in [0.15, 0.2) is 28.1 Å². The number of aromatic nitrogens is 2. The van der Waals surface area contributed by atoms with Gasteiger partial charge in [0.2, 0.25) is 5.13 Å². The largest absolute Gasteiger partial charge is 0.493 e. The number of carboxylic acid groups (broad SMARTS) is 1. The molecule has 0 saturated carbocycles. The summed E-state index contributed by atoms with van der Waals surface area (Å²) in [6.07, 6.45) is 2.50. The van der Waals surface area contributed by atoms with E-state index in [1.807, 2.05) is 6.92 Å². The Labute approximate surface area is 175 Å². The van der Waals surface area contributed by atoms with Crippen molar-refractivity contribution in [2.75, 3.05) is 20.8 Å². The van der Waals surface area contributed by atoms with E-state index in [9.17, 15) is 9.59 Å². The number of methoxy groups -OCH3 is 1. The van der Waals surface area contributed by atoms with Crippen LogP contribution in [0.1, 0.15) is 17.5 Å². The van der Waals surface area contributed by atoms with E-state index in [4.69, 9.17) is 14.6 Å². The van der Waals surface area contributed by atoms with Crippen LogP contribution in [0.25, 0.3) is 6.08 Å². The number of aliphatic imine (C=N–C) groups is 1. The standard InChI is InChI=1S/C18H18N4O5S2/c1-4-14-20-21-17(29-14)19-18-22(2)16(25)13(28-18)8-10-5-6-11(12(7-10)26-3)27-9-15(23)24/h5-8H,4,9H2,1-3H3,(H,23,24)/b13-8+,19-18+. The van der Waals surface area contributed by atoms with Gasteiger partial charge in [-0.15, -0.1) is 10.2 Å². The molecule has 0 bridgehead atoms. The summed E-state index contributed by atoms with van der Waals surface area (Å²) in [6, 6.07) is 4.99. The first-order valence-electron chi connectivity index (χ1n) is 8.52. The smallest absolute Gasteiger partial charge is 0.341 e. The first kappa shape index (κ1) is 20.8. The second-order valence-corrected chi connectivity index (χ2v) is 7.84. The quantitative estimate of drug-likeness (QED) is 0.662. The number of ether oxygens (including phenoxy) is 2.